The first-order valence-corrected chi connectivity index (χ1v) is 6.22. The number of nitrogens with one attached hydrogen (secondary N) is 2. The number of amides is 1. The van der Waals surface area contributed by atoms with Gasteiger partial charge in [-0.1, -0.05) is 0 Å². The van der Waals surface area contributed by atoms with Gasteiger partial charge >= 0.3 is 0 Å². The topological polar surface area (TPSA) is 59.0 Å². The second-order valence-electron chi connectivity index (χ2n) is 4.57. The number of hydrogen-bond acceptors (Lipinski definition) is 3. The highest BCUT2D eigenvalue weighted by atomic mass is 16.1. The molecule has 1 fully saturated rings. The molecule has 0 aromatic carbocycles. The fourth-order valence-electron chi connectivity index (χ4n) is 2.13. The molecule has 0 spiro atoms. The zero-order chi connectivity index (χ0) is 12.1. The Kier molecular flexibility index (Phi) is 4.14. The highest BCUT2D eigenvalue weighted by molar-refractivity contribution is 5.78. The minimum atomic E-state index is 0.146. The maximum Gasteiger partial charge on any atom is 0.224 e. The van der Waals surface area contributed by atoms with Gasteiger partial charge in [0.05, 0.1) is 11.6 Å². The zero-order valence-electron chi connectivity index (χ0n) is 10.3. The van der Waals surface area contributed by atoms with Crippen LogP contribution in [-0.2, 0) is 18.3 Å². The fourth-order valence-corrected chi connectivity index (χ4v) is 2.13. The van der Waals surface area contributed by atoms with Crippen LogP contribution >= 0.6 is 0 Å². The second-order valence-corrected chi connectivity index (χ2v) is 4.57. The van der Waals surface area contributed by atoms with Gasteiger partial charge in [-0.3, -0.25) is 9.48 Å². The van der Waals surface area contributed by atoms with Gasteiger partial charge in [-0.2, -0.15) is 5.10 Å². The molecule has 2 heterocycles. The van der Waals surface area contributed by atoms with Gasteiger partial charge in [-0.05, 0) is 25.5 Å². The minimum absolute atomic E-state index is 0.146. The predicted molar refractivity (Wildman–Crippen MR) is 65.5 cm³/mol. The summed E-state index contributed by atoms with van der Waals surface area (Å²) in [6, 6.07) is 1.98. The monoisotopic (exact) mass is 236 g/mol. The quantitative estimate of drug-likeness (QED) is 0.778. The Morgan fingerprint density at radius 1 is 1.71 bits per heavy atom. The summed E-state index contributed by atoms with van der Waals surface area (Å²) in [5.74, 6) is 0.320. The fraction of sp³-hybridized carbons (Fsp3) is 0.667. The van der Waals surface area contributed by atoms with Gasteiger partial charge in [-0.25, -0.2) is 0 Å². The first kappa shape index (κ1) is 12.1. The molecule has 2 N–H and O–H groups in total. The summed E-state index contributed by atoms with van der Waals surface area (Å²) in [4.78, 5) is 11.8. The van der Waals surface area contributed by atoms with Gasteiger partial charge in [0.1, 0.15) is 0 Å². The predicted octanol–water partition coefficient (Wildman–Crippen LogP) is 0.0784. The Hall–Kier alpha value is -1.36. The van der Waals surface area contributed by atoms with Crippen LogP contribution in [0.3, 0.4) is 0 Å². The molecule has 1 amide bonds. The molecule has 1 saturated heterocycles. The molecule has 5 heteroatoms. The SMILES string of the molecule is Cn1ccc(CCNC(=O)[C@H]2CCCNC2)n1. The van der Waals surface area contributed by atoms with E-state index in [-0.39, 0.29) is 11.8 Å². The van der Waals surface area contributed by atoms with Gasteiger partial charge in [0.25, 0.3) is 0 Å². The molecule has 2 rings (SSSR count). The Morgan fingerprint density at radius 3 is 3.24 bits per heavy atom. The molecule has 1 aromatic rings. The van der Waals surface area contributed by atoms with Crippen LogP contribution in [0.15, 0.2) is 12.3 Å². The number of hydrogen-bond donors (Lipinski definition) is 2. The molecular weight excluding hydrogens is 216 g/mol. The first-order valence-electron chi connectivity index (χ1n) is 6.22. The average molecular weight is 236 g/mol. The summed E-state index contributed by atoms with van der Waals surface area (Å²) in [6.45, 7) is 2.53. The van der Waals surface area contributed by atoms with Crippen molar-refractivity contribution in [2.45, 2.75) is 19.3 Å². The van der Waals surface area contributed by atoms with Gasteiger partial charge in [-0.15, -0.1) is 0 Å². The van der Waals surface area contributed by atoms with Gasteiger partial charge in [0, 0.05) is 32.8 Å². The number of carbonyl (C=O) groups excluding carboxylic acids is 1. The molecule has 1 aliphatic rings. The summed E-state index contributed by atoms with van der Waals surface area (Å²) >= 11 is 0. The van der Waals surface area contributed by atoms with Crippen LogP contribution in [0.5, 0.6) is 0 Å². The highest BCUT2D eigenvalue weighted by Crippen LogP contribution is 2.09. The molecule has 0 aliphatic carbocycles. The van der Waals surface area contributed by atoms with E-state index >= 15 is 0 Å². The van der Waals surface area contributed by atoms with E-state index in [0.29, 0.717) is 6.54 Å². The summed E-state index contributed by atoms with van der Waals surface area (Å²) in [5.41, 5.74) is 1.02. The van der Waals surface area contributed by atoms with Crippen molar-refractivity contribution in [1.82, 2.24) is 20.4 Å². The molecule has 94 valence electrons. The number of carbonyl (C=O) groups is 1. The Morgan fingerprint density at radius 2 is 2.59 bits per heavy atom. The smallest absolute Gasteiger partial charge is 0.224 e. The molecule has 1 aliphatic heterocycles. The largest absolute Gasteiger partial charge is 0.355 e. The number of aromatic nitrogens is 2. The molecule has 17 heavy (non-hydrogen) atoms. The highest BCUT2D eigenvalue weighted by Gasteiger charge is 2.20. The summed E-state index contributed by atoms with van der Waals surface area (Å²) in [7, 11) is 1.90. The third-order valence-corrected chi connectivity index (χ3v) is 3.12. The van der Waals surface area contributed by atoms with Crippen LogP contribution in [0.25, 0.3) is 0 Å². The molecule has 5 nitrogen and oxygen atoms in total. The molecule has 1 atom stereocenters. The molecule has 0 bridgehead atoms. The lowest BCUT2D eigenvalue weighted by atomic mass is 9.99. The van der Waals surface area contributed by atoms with Crippen LogP contribution < -0.4 is 10.6 Å². The van der Waals surface area contributed by atoms with E-state index in [2.05, 4.69) is 15.7 Å². The van der Waals surface area contributed by atoms with E-state index in [1.54, 1.807) is 4.68 Å². The maximum absolute atomic E-state index is 11.8. The number of nitrogens with zero attached hydrogens (tertiary/aromatic N) is 2. The molecule has 0 saturated carbocycles. The molecular formula is C12H20N4O. The van der Waals surface area contributed by atoms with E-state index in [4.69, 9.17) is 0 Å². The summed E-state index contributed by atoms with van der Waals surface area (Å²) < 4.78 is 1.78. The minimum Gasteiger partial charge on any atom is -0.355 e. The number of piperidine rings is 1. The van der Waals surface area contributed by atoms with Crippen molar-refractivity contribution in [3.8, 4) is 0 Å². The second kappa shape index (κ2) is 5.82. The van der Waals surface area contributed by atoms with Crippen molar-refractivity contribution in [1.29, 1.82) is 0 Å². The number of aryl methyl sites for hydroxylation is 1. The Bertz CT molecular complexity index is 368. The van der Waals surface area contributed by atoms with E-state index < -0.39 is 0 Å². The third kappa shape index (κ3) is 3.56. The van der Waals surface area contributed by atoms with Gasteiger partial charge < -0.3 is 10.6 Å². The van der Waals surface area contributed by atoms with Crippen LogP contribution in [-0.4, -0.2) is 35.3 Å². The lowest BCUT2D eigenvalue weighted by Crippen LogP contribution is -2.41. The third-order valence-electron chi connectivity index (χ3n) is 3.12. The lowest BCUT2D eigenvalue weighted by molar-refractivity contribution is -0.125. The van der Waals surface area contributed by atoms with E-state index in [9.17, 15) is 4.79 Å². The molecule has 0 unspecified atom stereocenters. The van der Waals surface area contributed by atoms with Crippen LogP contribution in [0.1, 0.15) is 18.5 Å². The maximum atomic E-state index is 11.8. The lowest BCUT2D eigenvalue weighted by Gasteiger charge is -2.21. The van der Waals surface area contributed by atoms with E-state index in [1.165, 1.54) is 0 Å². The van der Waals surface area contributed by atoms with Crippen molar-refractivity contribution >= 4 is 5.91 Å². The molecule has 0 radical (unpaired) electrons. The van der Waals surface area contributed by atoms with Gasteiger partial charge in [0.2, 0.25) is 5.91 Å². The Balaban J connectivity index is 1.69. The van der Waals surface area contributed by atoms with Gasteiger partial charge in [0.15, 0.2) is 0 Å². The van der Waals surface area contributed by atoms with Crippen LogP contribution in [0.2, 0.25) is 0 Å². The standard InChI is InChI=1S/C12H20N4O/c1-16-8-5-11(15-16)4-7-14-12(17)10-3-2-6-13-9-10/h5,8,10,13H,2-4,6-7,9H2,1H3,(H,14,17)/t10-/m0/s1. The summed E-state index contributed by atoms with van der Waals surface area (Å²) in [5, 5.41) is 10.5. The van der Waals surface area contributed by atoms with E-state index in [0.717, 1.165) is 38.0 Å². The first-order chi connectivity index (χ1) is 8.25. The molecule has 1 aromatic heterocycles. The van der Waals surface area contributed by atoms with Crippen molar-refractivity contribution in [3.05, 3.63) is 18.0 Å². The average Bonchev–Trinajstić information content (AvgIpc) is 2.76. The van der Waals surface area contributed by atoms with Crippen LogP contribution in [0, 0.1) is 5.92 Å². The van der Waals surface area contributed by atoms with Crippen molar-refractivity contribution in [3.63, 3.8) is 0 Å². The number of rotatable bonds is 4. The van der Waals surface area contributed by atoms with Crippen molar-refractivity contribution in [2.75, 3.05) is 19.6 Å². The van der Waals surface area contributed by atoms with Crippen molar-refractivity contribution < 1.29 is 4.79 Å². The summed E-state index contributed by atoms with van der Waals surface area (Å²) in [6.07, 6.45) is 4.82. The Labute approximate surface area is 102 Å². The zero-order valence-corrected chi connectivity index (χ0v) is 10.3. The van der Waals surface area contributed by atoms with Crippen molar-refractivity contribution in [2.24, 2.45) is 13.0 Å². The van der Waals surface area contributed by atoms with E-state index in [1.807, 2.05) is 19.3 Å². The normalized spacial score (nSPS) is 20.2. The van der Waals surface area contributed by atoms with Crippen LogP contribution in [0.4, 0.5) is 0 Å².